The number of hydrogen-bond donors (Lipinski definition) is 2. The van der Waals surface area contributed by atoms with Gasteiger partial charge in [0, 0.05) is 11.7 Å². The van der Waals surface area contributed by atoms with Crippen LogP contribution in [0.15, 0.2) is 42.5 Å². The number of carbonyl (C=O) groups is 3. The van der Waals surface area contributed by atoms with Crippen LogP contribution in [0.3, 0.4) is 0 Å². The van der Waals surface area contributed by atoms with Crippen LogP contribution in [-0.2, 0) is 14.3 Å². The third-order valence-corrected chi connectivity index (χ3v) is 6.45. The van der Waals surface area contributed by atoms with Gasteiger partial charge in [0.2, 0.25) is 5.91 Å². The molecule has 3 unspecified atom stereocenters. The molecule has 3 atom stereocenters. The lowest BCUT2D eigenvalue weighted by Gasteiger charge is -2.38. The lowest BCUT2D eigenvalue weighted by Crippen LogP contribution is -2.56. The number of aryl methyl sites for hydroxylation is 3. The summed E-state index contributed by atoms with van der Waals surface area (Å²) in [5.41, 5.74) is 3.61. The average Bonchev–Trinajstić information content (AvgIpc) is 2.79. The molecular formula is C31H45N3O4. The van der Waals surface area contributed by atoms with Crippen molar-refractivity contribution in [2.75, 3.05) is 5.32 Å². The number of anilines is 1. The standard InChI is InChI=1S/C31H45N3O4/c1-11-22(6)26(33-30(37)38-31(8,9)10)29(36)34(19(2)3)27(24-17-20(4)16-21(5)18-24)28(35)32-25-15-13-12-14-23(25)7/h12-19,22,26-27H,11H2,1-10H3,(H,32,35)(H,33,37). The van der Waals surface area contributed by atoms with Crippen molar-refractivity contribution in [1.82, 2.24) is 10.2 Å². The summed E-state index contributed by atoms with van der Waals surface area (Å²) in [4.78, 5) is 42.6. The van der Waals surface area contributed by atoms with Crippen molar-refractivity contribution < 1.29 is 19.1 Å². The number of para-hydroxylation sites is 1. The van der Waals surface area contributed by atoms with Crippen molar-refractivity contribution in [2.24, 2.45) is 5.92 Å². The van der Waals surface area contributed by atoms with Crippen LogP contribution in [0.25, 0.3) is 0 Å². The quantitative estimate of drug-likeness (QED) is 0.394. The lowest BCUT2D eigenvalue weighted by molar-refractivity contribution is -0.144. The monoisotopic (exact) mass is 523 g/mol. The fraction of sp³-hybridized carbons (Fsp3) is 0.516. The fourth-order valence-corrected chi connectivity index (χ4v) is 4.48. The molecule has 0 saturated carbocycles. The Morgan fingerprint density at radius 3 is 2.03 bits per heavy atom. The Bertz CT molecular complexity index is 1120. The first-order valence-corrected chi connectivity index (χ1v) is 13.4. The minimum atomic E-state index is -0.910. The predicted octanol–water partition coefficient (Wildman–Crippen LogP) is 6.47. The summed E-state index contributed by atoms with van der Waals surface area (Å²) in [5, 5.41) is 5.85. The van der Waals surface area contributed by atoms with E-state index in [-0.39, 0.29) is 23.8 Å². The van der Waals surface area contributed by atoms with Crippen molar-refractivity contribution in [1.29, 1.82) is 0 Å². The van der Waals surface area contributed by atoms with Crippen LogP contribution < -0.4 is 10.6 Å². The smallest absolute Gasteiger partial charge is 0.408 e. The van der Waals surface area contributed by atoms with Gasteiger partial charge in [-0.3, -0.25) is 9.59 Å². The first-order chi connectivity index (χ1) is 17.6. The molecular weight excluding hydrogens is 478 g/mol. The second kappa shape index (κ2) is 12.9. The first kappa shape index (κ1) is 30.9. The zero-order valence-corrected chi connectivity index (χ0v) is 24.6. The van der Waals surface area contributed by atoms with Crippen LogP contribution in [0.4, 0.5) is 10.5 Å². The topological polar surface area (TPSA) is 87.7 Å². The highest BCUT2D eigenvalue weighted by molar-refractivity contribution is 5.99. The van der Waals surface area contributed by atoms with Gasteiger partial charge in [-0.15, -0.1) is 0 Å². The van der Waals surface area contributed by atoms with E-state index in [9.17, 15) is 14.4 Å². The molecule has 2 N–H and O–H groups in total. The summed E-state index contributed by atoms with van der Waals surface area (Å²) in [5.74, 6) is -0.827. The Kier molecular flexibility index (Phi) is 10.5. The van der Waals surface area contributed by atoms with Gasteiger partial charge in [-0.1, -0.05) is 67.8 Å². The third kappa shape index (κ3) is 8.33. The van der Waals surface area contributed by atoms with Crippen molar-refractivity contribution >= 4 is 23.6 Å². The fourth-order valence-electron chi connectivity index (χ4n) is 4.48. The number of ether oxygens (including phenoxy) is 1. The summed E-state index contributed by atoms with van der Waals surface area (Å²) in [6, 6.07) is 11.4. The van der Waals surface area contributed by atoms with E-state index in [0.717, 1.165) is 22.3 Å². The molecule has 0 heterocycles. The van der Waals surface area contributed by atoms with Gasteiger partial charge < -0.3 is 20.3 Å². The van der Waals surface area contributed by atoms with Gasteiger partial charge in [-0.2, -0.15) is 0 Å². The summed E-state index contributed by atoms with van der Waals surface area (Å²) in [6.07, 6.45) is -0.00550. The summed E-state index contributed by atoms with van der Waals surface area (Å²) < 4.78 is 5.47. The molecule has 0 radical (unpaired) electrons. The summed E-state index contributed by atoms with van der Waals surface area (Å²) in [6.45, 7) is 18.9. The first-order valence-electron chi connectivity index (χ1n) is 13.4. The molecule has 3 amide bonds. The normalized spacial score (nSPS) is 13.9. The van der Waals surface area contributed by atoms with E-state index in [1.807, 2.05) is 90.9 Å². The Labute approximate surface area is 228 Å². The Morgan fingerprint density at radius 1 is 0.947 bits per heavy atom. The van der Waals surface area contributed by atoms with Crippen LogP contribution in [0.5, 0.6) is 0 Å². The highest BCUT2D eigenvalue weighted by Gasteiger charge is 2.39. The minimum Gasteiger partial charge on any atom is -0.444 e. The zero-order chi connectivity index (χ0) is 28.8. The van der Waals surface area contributed by atoms with Crippen LogP contribution in [0, 0.1) is 26.7 Å². The Morgan fingerprint density at radius 2 is 1.53 bits per heavy atom. The van der Waals surface area contributed by atoms with Gasteiger partial charge in [0.25, 0.3) is 5.91 Å². The molecule has 208 valence electrons. The number of alkyl carbamates (subject to hydrolysis) is 1. The molecule has 7 heteroatoms. The van der Waals surface area contributed by atoms with E-state index in [1.165, 1.54) is 0 Å². The number of nitrogens with zero attached hydrogens (tertiary/aromatic N) is 1. The van der Waals surface area contributed by atoms with Gasteiger partial charge in [0.05, 0.1) is 0 Å². The largest absolute Gasteiger partial charge is 0.444 e. The van der Waals surface area contributed by atoms with Crippen LogP contribution in [0.1, 0.15) is 83.2 Å². The molecule has 0 aromatic heterocycles. The van der Waals surface area contributed by atoms with Crippen molar-refractivity contribution in [3.05, 3.63) is 64.7 Å². The van der Waals surface area contributed by atoms with Crippen LogP contribution in [-0.4, -0.2) is 40.5 Å². The number of amides is 3. The summed E-state index contributed by atoms with van der Waals surface area (Å²) >= 11 is 0. The molecule has 2 aromatic rings. The van der Waals surface area contributed by atoms with Gasteiger partial charge in [0.1, 0.15) is 17.7 Å². The average molecular weight is 524 g/mol. The van der Waals surface area contributed by atoms with Crippen molar-refractivity contribution in [2.45, 2.75) is 99.4 Å². The van der Waals surface area contributed by atoms with Crippen LogP contribution >= 0.6 is 0 Å². The molecule has 7 nitrogen and oxygen atoms in total. The molecule has 38 heavy (non-hydrogen) atoms. The van der Waals surface area contributed by atoms with Gasteiger partial charge in [0.15, 0.2) is 0 Å². The maximum Gasteiger partial charge on any atom is 0.408 e. The SMILES string of the molecule is CCC(C)C(NC(=O)OC(C)(C)C)C(=O)N(C(C)C)C(C(=O)Nc1ccccc1C)c1cc(C)cc(C)c1. The molecule has 0 aliphatic carbocycles. The van der Waals surface area contributed by atoms with Crippen LogP contribution in [0.2, 0.25) is 0 Å². The Hall–Kier alpha value is -3.35. The maximum atomic E-state index is 14.3. The molecule has 0 aliphatic heterocycles. The molecule has 0 fully saturated rings. The predicted molar refractivity (Wildman–Crippen MR) is 153 cm³/mol. The van der Waals surface area contributed by atoms with E-state index >= 15 is 0 Å². The number of nitrogens with one attached hydrogen (secondary N) is 2. The minimum absolute atomic E-state index is 0.185. The lowest BCUT2D eigenvalue weighted by atomic mass is 9.93. The number of rotatable bonds is 9. The highest BCUT2D eigenvalue weighted by Crippen LogP contribution is 2.30. The molecule has 2 rings (SSSR count). The van der Waals surface area contributed by atoms with E-state index in [1.54, 1.807) is 25.7 Å². The number of hydrogen-bond acceptors (Lipinski definition) is 4. The van der Waals surface area contributed by atoms with Gasteiger partial charge in [-0.25, -0.2) is 4.79 Å². The number of carbonyl (C=O) groups excluding carboxylic acids is 3. The van der Waals surface area contributed by atoms with E-state index < -0.39 is 23.8 Å². The van der Waals surface area contributed by atoms with Gasteiger partial charge >= 0.3 is 6.09 Å². The maximum absolute atomic E-state index is 14.3. The van der Waals surface area contributed by atoms with E-state index in [4.69, 9.17) is 4.74 Å². The Balaban J connectivity index is 2.60. The van der Waals surface area contributed by atoms with Crippen molar-refractivity contribution in [3.8, 4) is 0 Å². The summed E-state index contributed by atoms with van der Waals surface area (Å²) in [7, 11) is 0. The molecule has 0 bridgehead atoms. The van der Waals surface area contributed by atoms with E-state index in [0.29, 0.717) is 12.1 Å². The molecule has 0 saturated heterocycles. The van der Waals surface area contributed by atoms with E-state index in [2.05, 4.69) is 10.6 Å². The van der Waals surface area contributed by atoms with Crippen molar-refractivity contribution in [3.63, 3.8) is 0 Å². The highest BCUT2D eigenvalue weighted by atomic mass is 16.6. The third-order valence-electron chi connectivity index (χ3n) is 6.45. The second-order valence-electron chi connectivity index (χ2n) is 11.5. The molecule has 0 spiro atoms. The number of benzene rings is 2. The second-order valence-corrected chi connectivity index (χ2v) is 11.5. The van der Waals surface area contributed by atoms with Gasteiger partial charge in [-0.05, 0) is 78.5 Å². The zero-order valence-electron chi connectivity index (χ0n) is 24.6. The molecule has 2 aromatic carbocycles. The molecule has 0 aliphatic rings.